The van der Waals surface area contributed by atoms with Gasteiger partial charge in [0.05, 0.1) is 28.7 Å². The summed E-state index contributed by atoms with van der Waals surface area (Å²) in [4.78, 5) is 53.9. The summed E-state index contributed by atoms with van der Waals surface area (Å²) in [7, 11) is 3.17. The number of alkyl halides is 3. The van der Waals surface area contributed by atoms with Crippen LogP contribution in [0.4, 0.5) is 17.6 Å². The highest BCUT2D eigenvalue weighted by Gasteiger charge is 2.43. The second-order valence-electron chi connectivity index (χ2n) is 11.2. The average molecular weight is 602 g/mol. The molecule has 11 nitrogen and oxygen atoms in total. The maximum atomic E-state index is 14.7. The zero-order chi connectivity index (χ0) is 31.0. The number of hydrogen-bond acceptors (Lipinski definition) is 6. The van der Waals surface area contributed by atoms with Crippen molar-refractivity contribution < 1.29 is 41.8 Å². The first-order valence-corrected chi connectivity index (χ1v) is 13.7. The van der Waals surface area contributed by atoms with Crippen molar-refractivity contribution in [2.45, 2.75) is 75.4 Å². The number of imidazole rings is 1. The van der Waals surface area contributed by atoms with Crippen LogP contribution in [0.3, 0.4) is 0 Å². The number of carboxylic acids is 1. The number of fused-ring (bicyclic) bond motifs is 3. The maximum Gasteiger partial charge on any atom is 0.490 e. The summed E-state index contributed by atoms with van der Waals surface area (Å²) in [6, 6.07) is 3.02. The molecule has 0 aliphatic carbocycles. The fourth-order valence-corrected chi connectivity index (χ4v) is 6.22. The van der Waals surface area contributed by atoms with Gasteiger partial charge < -0.3 is 25.0 Å². The second-order valence-corrected chi connectivity index (χ2v) is 11.2. The van der Waals surface area contributed by atoms with Crippen LogP contribution < -0.4 is 11.0 Å². The van der Waals surface area contributed by atoms with Gasteiger partial charge in [0, 0.05) is 51.4 Å². The number of likely N-dealkylation sites (tertiary alicyclic amines) is 1. The van der Waals surface area contributed by atoms with Crippen LogP contribution in [0.2, 0.25) is 0 Å². The lowest BCUT2D eigenvalue weighted by molar-refractivity contribution is -0.192. The zero-order valence-corrected chi connectivity index (χ0v) is 23.6. The molecule has 3 aliphatic heterocycles. The van der Waals surface area contributed by atoms with Crippen molar-refractivity contribution >= 4 is 28.8 Å². The van der Waals surface area contributed by atoms with Gasteiger partial charge in [0.1, 0.15) is 5.82 Å². The first kappa shape index (κ1) is 31.5. The topological polar surface area (TPSA) is 137 Å². The number of piperidine rings is 2. The number of carboxylic acid groups (broad SMARTS) is 1. The molecule has 42 heavy (non-hydrogen) atoms. The average Bonchev–Trinajstić information content (AvgIpc) is 3.36. The third-order valence-corrected chi connectivity index (χ3v) is 8.73. The normalized spacial score (nSPS) is 23.8. The standard InChI is InChI=1S/C25H34FN5O4.C2HF3O2/c1-25(35-3)6-8-29(9-7-25)22(32)14-30-15-4-5-16(30)11-17(10-15)31-21-13-19(26)18(23(33)27-2)12-20(21)28-24(31)34;3-2(4,5)1(6)7/h12-13,15-17H,4-11,14H2,1-3H3,(H,27,33)(H,28,34);(H,6,7). The summed E-state index contributed by atoms with van der Waals surface area (Å²) in [5, 5.41) is 9.55. The lowest BCUT2D eigenvalue weighted by Crippen LogP contribution is -2.52. The molecule has 4 heterocycles. The molecule has 232 valence electrons. The number of amides is 2. The summed E-state index contributed by atoms with van der Waals surface area (Å²) < 4.78 is 53.7. The van der Waals surface area contributed by atoms with Gasteiger partial charge in [-0.2, -0.15) is 13.2 Å². The van der Waals surface area contributed by atoms with E-state index in [0.29, 0.717) is 30.7 Å². The zero-order valence-electron chi connectivity index (χ0n) is 23.6. The summed E-state index contributed by atoms with van der Waals surface area (Å²) in [5.74, 6) is -3.78. The molecule has 0 radical (unpaired) electrons. The van der Waals surface area contributed by atoms with E-state index in [1.807, 2.05) is 4.90 Å². The Hall–Kier alpha value is -3.46. The number of benzene rings is 1. The fraction of sp³-hybridized carbons (Fsp3) is 0.630. The number of methoxy groups -OCH3 is 1. The Kier molecular flexibility index (Phi) is 9.02. The van der Waals surface area contributed by atoms with E-state index in [4.69, 9.17) is 14.6 Å². The molecule has 3 saturated heterocycles. The number of aromatic amines is 1. The molecule has 3 aliphatic rings. The number of nitrogens with one attached hydrogen (secondary N) is 2. The Morgan fingerprint density at radius 2 is 1.69 bits per heavy atom. The van der Waals surface area contributed by atoms with Crippen LogP contribution in [0, 0.1) is 5.82 Å². The SMILES string of the molecule is CNC(=O)c1cc2[nH]c(=O)n(C3CC4CCC(C3)N4CC(=O)N3CCC(C)(OC)CC3)c2cc1F.O=C(O)C(F)(F)F. The number of carbonyl (C=O) groups is 3. The number of rotatable bonds is 5. The lowest BCUT2D eigenvalue weighted by atomic mass is 9.93. The van der Waals surface area contributed by atoms with Crippen LogP contribution in [0.15, 0.2) is 16.9 Å². The molecule has 0 saturated carbocycles. The molecule has 15 heteroatoms. The number of halogens is 4. The number of aliphatic carboxylic acids is 1. The summed E-state index contributed by atoms with van der Waals surface area (Å²) >= 11 is 0. The van der Waals surface area contributed by atoms with Gasteiger partial charge in [0.25, 0.3) is 5.91 Å². The number of carbonyl (C=O) groups excluding carboxylic acids is 2. The molecule has 1 aromatic heterocycles. The van der Waals surface area contributed by atoms with Crippen molar-refractivity contribution in [1.82, 2.24) is 24.7 Å². The molecule has 2 amide bonds. The molecule has 2 atom stereocenters. The number of nitrogens with zero attached hydrogens (tertiary/aromatic N) is 3. The summed E-state index contributed by atoms with van der Waals surface area (Å²) in [5.41, 5.74) is 0.389. The number of hydrogen-bond donors (Lipinski definition) is 3. The van der Waals surface area contributed by atoms with E-state index in [9.17, 15) is 31.9 Å². The Bertz CT molecular complexity index is 1380. The van der Waals surface area contributed by atoms with E-state index in [1.165, 1.54) is 19.2 Å². The fourth-order valence-electron chi connectivity index (χ4n) is 6.22. The highest BCUT2D eigenvalue weighted by Crippen LogP contribution is 2.41. The van der Waals surface area contributed by atoms with Crippen molar-refractivity contribution in [2.24, 2.45) is 0 Å². The van der Waals surface area contributed by atoms with Crippen LogP contribution in [0.25, 0.3) is 11.0 Å². The molecule has 3 N–H and O–H groups in total. The highest BCUT2D eigenvalue weighted by molar-refractivity contribution is 5.97. The van der Waals surface area contributed by atoms with Crippen LogP contribution in [0.1, 0.15) is 61.8 Å². The molecule has 2 unspecified atom stereocenters. The van der Waals surface area contributed by atoms with Crippen molar-refractivity contribution in [3.05, 3.63) is 34.0 Å². The van der Waals surface area contributed by atoms with Gasteiger partial charge in [-0.3, -0.25) is 19.1 Å². The summed E-state index contributed by atoms with van der Waals surface area (Å²) in [6.07, 6.45) is 0.0387. The Labute approximate surface area is 238 Å². The van der Waals surface area contributed by atoms with E-state index in [-0.39, 0.29) is 40.9 Å². The Morgan fingerprint density at radius 3 is 2.19 bits per heavy atom. The van der Waals surface area contributed by atoms with Crippen LogP contribution in [0.5, 0.6) is 0 Å². The second kappa shape index (κ2) is 12.0. The highest BCUT2D eigenvalue weighted by atomic mass is 19.4. The molecule has 2 bridgehead atoms. The predicted octanol–water partition coefficient (Wildman–Crippen LogP) is 2.66. The minimum atomic E-state index is -5.08. The van der Waals surface area contributed by atoms with E-state index >= 15 is 0 Å². The smallest absolute Gasteiger partial charge is 0.475 e. The van der Waals surface area contributed by atoms with Gasteiger partial charge in [0.2, 0.25) is 5.91 Å². The third-order valence-electron chi connectivity index (χ3n) is 8.73. The molecular weight excluding hydrogens is 566 g/mol. The predicted molar refractivity (Wildman–Crippen MR) is 143 cm³/mol. The van der Waals surface area contributed by atoms with Crippen LogP contribution in [-0.2, 0) is 14.3 Å². The molecule has 1 aromatic carbocycles. The number of H-pyrrole nitrogens is 1. The minimum Gasteiger partial charge on any atom is -0.475 e. The van der Waals surface area contributed by atoms with Crippen molar-refractivity contribution in [3.8, 4) is 0 Å². The molecule has 0 spiro atoms. The quantitative estimate of drug-likeness (QED) is 0.449. The first-order chi connectivity index (χ1) is 19.7. The molecular formula is C27H35F4N5O6. The van der Waals surface area contributed by atoms with Crippen molar-refractivity contribution in [1.29, 1.82) is 0 Å². The van der Waals surface area contributed by atoms with E-state index in [1.54, 1.807) is 11.7 Å². The van der Waals surface area contributed by atoms with Crippen LogP contribution in [-0.4, -0.2) is 99.9 Å². The monoisotopic (exact) mass is 601 g/mol. The molecule has 5 rings (SSSR count). The molecule has 2 aromatic rings. The lowest BCUT2D eigenvalue weighted by Gasteiger charge is -2.42. The first-order valence-electron chi connectivity index (χ1n) is 13.7. The van der Waals surface area contributed by atoms with E-state index < -0.39 is 23.9 Å². The van der Waals surface area contributed by atoms with E-state index in [2.05, 4.69) is 22.1 Å². The number of ether oxygens (including phenoxy) is 1. The largest absolute Gasteiger partial charge is 0.490 e. The van der Waals surface area contributed by atoms with E-state index in [0.717, 1.165) is 38.5 Å². The van der Waals surface area contributed by atoms with Gasteiger partial charge in [-0.05, 0) is 51.5 Å². The van der Waals surface area contributed by atoms with Gasteiger partial charge in [-0.1, -0.05) is 0 Å². The Morgan fingerprint density at radius 1 is 1.12 bits per heavy atom. The van der Waals surface area contributed by atoms with Gasteiger partial charge in [-0.15, -0.1) is 0 Å². The molecule has 3 fully saturated rings. The van der Waals surface area contributed by atoms with Gasteiger partial charge in [0.15, 0.2) is 0 Å². The Balaban J connectivity index is 0.000000517. The minimum absolute atomic E-state index is 0.0808. The van der Waals surface area contributed by atoms with Crippen LogP contribution >= 0.6 is 0 Å². The number of aromatic nitrogens is 2. The van der Waals surface area contributed by atoms with Crippen molar-refractivity contribution in [2.75, 3.05) is 33.8 Å². The van der Waals surface area contributed by atoms with Gasteiger partial charge >= 0.3 is 17.8 Å². The third kappa shape index (κ3) is 6.46. The maximum absolute atomic E-state index is 14.7. The van der Waals surface area contributed by atoms with Gasteiger partial charge in [-0.25, -0.2) is 14.0 Å². The summed E-state index contributed by atoms with van der Waals surface area (Å²) in [6.45, 7) is 3.92. The van der Waals surface area contributed by atoms with Crippen molar-refractivity contribution in [3.63, 3.8) is 0 Å².